The normalized spacial score (nSPS) is 14.1. The highest BCUT2D eigenvalue weighted by atomic mass is 19.4. The first kappa shape index (κ1) is 18.4. The van der Waals surface area contributed by atoms with Gasteiger partial charge < -0.3 is 0 Å². The van der Waals surface area contributed by atoms with E-state index in [1.54, 1.807) is 20.8 Å². The van der Waals surface area contributed by atoms with Gasteiger partial charge >= 0.3 is 18.0 Å². The van der Waals surface area contributed by atoms with Gasteiger partial charge in [0.1, 0.15) is 0 Å². The number of rotatable bonds is 3. The van der Waals surface area contributed by atoms with Crippen LogP contribution < -0.4 is 0 Å². The summed E-state index contributed by atoms with van der Waals surface area (Å²) in [6.45, 7) is 5.32. The van der Waals surface area contributed by atoms with Crippen molar-refractivity contribution in [3.8, 4) is 0 Å². The van der Waals surface area contributed by atoms with Gasteiger partial charge in [0.2, 0.25) is 5.78 Å². The van der Waals surface area contributed by atoms with Crippen molar-refractivity contribution in [2.24, 2.45) is 0 Å². The maximum Gasteiger partial charge on any atom is 0.460 e. The van der Waals surface area contributed by atoms with Crippen LogP contribution in [0.25, 0.3) is 0 Å². The Kier molecular flexibility index (Phi) is 4.40. The van der Waals surface area contributed by atoms with Crippen molar-refractivity contribution >= 4 is 5.78 Å². The predicted octanol–water partition coefficient (Wildman–Crippen LogP) is 5.00. The van der Waals surface area contributed by atoms with Crippen molar-refractivity contribution in [2.75, 3.05) is 0 Å². The summed E-state index contributed by atoms with van der Waals surface area (Å²) in [6, 6.07) is 4.08. The molecule has 0 N–H and O–H groups in total. The zero-order valence-electron chi connectivity index (χ0n) is 11.9. The summed E-state index contributed by atoms with van der Waals surface area (Å²) in [6.07, 6.45) is -6.53. The molecule has 0 aromatic heterocycles. The van der Waals surface area contributed by atoms with Gasteiger partial charge in [0.25, 0.3) is 0 Å². The number of carbonyl (C=O) groups excluding carboxylic acids is 1. The highest BCUT2D eigenvalue weighted by Crippen LogP contribution is 2.47. The molecular formula is C14H13F7O. The molecule has 1 aromatic carbocycles. The molecule has 0 unspecified atom stereocenters. The average Bonchev–Trinajstić information content (AvgIpc) is 2.35. The Morgan fingerprint density at radius 3 is 1.55 bits per heavy atom. The second-order valence-corrected chi connectivity index (χ2v) is 5.80. The molecule has 0 aliphatic rings. The number of carbonyl (C=O) groups is 1. The third-order valence-corrected chi connectivity index (χ3v) is 3.05. The van der Waals surface area contributed by atoms with Crippen LogP contribution in [-0.2, 0) is 5.41 Å². The Balaban J connectivity index is 3.20. The number of alkyl halides is 7. The highest BCUT2D eigenvalue weighted by molar-refractivity contribution is 6.02. The molecule has 0 fully saturated rings. The van der Waals surface area contributed by atoms with Crippen molar-refractivity contribution < 1.29 is 35.5 Å². The van der Waals surface area contributed by atoms with Gasteiger partial charge in [-0.1, -0.05) is 45.0 Å². The fourth-order valence-corrected chi connectivity index (χ4v) is 1.62. The van der Waals surface area contributed by atoms with Gasteiger partial charge in [-0.15, -0.1) is 0 Å². The fraction of sp³-hybridized carbons (Fsp3) is 0.500. The van der Waals surface area contributed by atoms with Crippen molar-refractivity contribution in [3.05, 3.63) is 35.4 Å². The Morgan fingerprint density at radius 2 is 1.23 bits per heavy atom. The van der Waals surface area contributed by atoms with Gasteiger partial charge in [-0.25, -0.2) is 0 Å². The van der Waals surface area contributed by atoms with E-state index >= 15 is 0 Å². The minimum absolute atomic E-state index is 0.403. The number of benzene rings is 1. The zero-order valence-corrected chi connectivity index (χ0v) is 11.9. The average molecular weight is 330 g/mol. The lowest BCUT2D eigenvalue weighted by molar-refractivity contribution is -0.339. The lowest BCUT2D eigenvalue weighted by atomic mass is 9.86. The number of ketones is 1. The molecule has 0 radical (unpaired) electrons. The lowest BCUT2D eigenvalue weighted by Gasteiger charge is -2.27. The highest BCUT2D eigenvalue weighted by Gasteiger charge is 2.76. The number of Topliss-reactive ketones (excluding diaryl/α,β-unsaturated/α-hetero) is 1. The van der Waals surface area contributed by atoms with Gasteiger partial charge in [0, 0.05) is 5.56 Å². The first-order valence-electron chi connectivity index (χ1n) is 6.10. The molecule has 1 rings (SSSR count). The third kappa shape index (κ3) is 3.10. The largest absolute Gasteiger partial charge is 0.460 e. The van der Waals surface area contributed by atoms with Crippen molar-refractivity contribution in [2.45, 2.75) is 44.2 Å². The van der Waals surface area contributed by atoms with E-state index in [0.717, 1.165) is 12.1 Å². The quantitative estimate of drug-likeness (QED) is 0.563. The summed E-state index contributed by atoms with van der Waals surface area (Å²) in [5.41, 5.74) is -0.711. The van der Waals surface area contributed by atoms with Gasteiger partial charge in [-0.3, -0.25) is 4.79 Å². The van der Waals surface area contributed by atoms with E-state index in [0.29, 0.717) is 5.56 Å². The minimum atomic E-state index is -6.53. The molecule has 0 bridgehead atoms. The van der Waals surface area contributed by atoms with Gasteiger partial charge in [0.15, 0.2) is 0 Å². The molecule has 1 aromatic rings. The van der Waals surface area contributed by atoms with Gasteiger partial charge in [0.05, 0.1) is 0 Å². The second-order valence-electron chi connectivity index (χ2n) is 5.80. The molecular weight excluding hydrogens is 317 g/mol. The van der Waals surface area contributed by atoms with Crippen LogP contribution in [0.5, 0.6) is 0 Å². The summed E-state index contributed by atoms with van der Waals surface area (Å²) in [4.78, 5) is 11.4. The third-order valence-electron chi connectivity index (χ3n) is 3.05. The monoisotopic (exact) mass is 330 g/mol. The molecule has 0 saturated carbocycles. The summed E-state index contributed by atoms with van der Waals surface area (Å²) in [7, 11) is 0. The van der Waals surface area contributed by atoms with Crippen LogP contribution in [0.15, 0.2) is 24.3 Å². The topological polar surface area (TPSA) is 17.1 Å². The van der Waals surface area contributed by atoms with E-state index in [-0.39, 0.29) is 0 Å². The molecule has 1 nitrogen and oxygen atoms in total. The SMILES string of the molecule is CC(C)(C)c1ccc(C(=O)C(F)(F)C(F)(F)C(F)(F)F)cc1. The smallest absolute Gasteiger partial charge is 0.287 e. The Bertz CT molecular complexity index is 550. The summed E-state index contributed by atoms with van der Waals surface area (Å²) >= 11 is 0. The second kappa shape index (κ2) is 5.24. The molecule has 8 heteroatoms. The van der Waals surface area contributed by atoms with Crippen LogP contribution in [0.2, 0.25) is 0 Å². The van der Waals surface area contributed by atoms with E-state index in [4.69, 9.17) is 0 Å². The Hall–Kier alpha value is -1.60. The Labute approximate surface area is 122 Å². The van der Waals surface area contributed by atoms with Crippen molar-refractivity contribution in [3.63, 3.8) is 0 Å². The van der Waals surface area contributed by atoms with Crippen LogP contribution in [0.4, 0.5) is 30.7 Å². The minimum Gasteiger partial charge on any atom is -0.287 e. The Morgan fingerprint density at radius 1 is 0.818 bits per heavy atom. The summed E-state index contributed by atoms with van der Waals surface area (Å²) < 4.78 is 88.3. The van der Waals surface area contributed by atoms with Crippen LogP contribution in [0.1, 0.15) is 36.7 Å². The molecule has 0 saturated heterocycles. The number of halogens is 7. The van der Waals surface area contributed by atoms with Gasteiger partial charge in [-0.05, 0) is 11.0 Å². The summed E-state index contributed by atoms with van der Waals surface area (Å²) in [5, 5.41) is 0. The number of hydrogen-bond acceptors (Lipinski definition) is 1. The first-order valence-corrected chi connectivity index (χ1v) is 6.10. The van der Waals surface area contributed by atoms with Crippen molar-refractivity contribution in [1.29, 1.82) is 0 Å². The molecule has 0 aliphatic carbocycles. The molecule has 124 valence electrons. The molecule has 0 atom stereocenters. The molecule has 0 heterocycles. The zero-order chi connectivity index (χ0) is 17.6. The molecule has 0 amide bonds. The lowest BCUT2D eigenvalue weighted by Crippen LogP contribution is -2.56. The predicted molar refractivity (Wildman–Crippen MR) is 65.4 cm³/mol. The van der Waals surface area contributed by atoms with Crippen LogP contribution in [-0.4, -0.2) is 23.8 Å². The molecule has 22 heavy (non-hydrogen) atoms. The van der Waals surface area contributed by atoms with E-state index in [2.05, 4.69) is 0 Å². The maximum absolute atomic E-state index is 13.3. The molecule has 0 aliphatic heterocycles. The van der Waals surface area contributed by atoms with Gasteiger partial charge in [-0.2, -0.15) is 30.7 Å². The van der Waals surface area contributed by atoms with Crippen LogP contribution in [0, 0.1) is 0 Å². The fourth-order valence-electron chi connectivity index (χ4n) is 1.62. The van der Waals surface area contributed by atoms with E-state index in [1.807, 2.05) is 0 Å². The van der Waals surface area contributed by atoms with E-state index in [1.165, 1.54) is 12.1 Å². The van der Waals surface area contributed by atoms with Crippen molar-refractivity contribution in [1.82, 2.24) is 0 Å². The first-order chi connectivity index (χ1) is 9.62. The van der Waals surface area contributed by atoms with Crippen LogP contribution >= 0.6 is 0 Å². The van der Waals surface area contributed by atoms with Crippen LogP contribution in [0.3, 0.4) is 0 Å². The van der Waals surface area contributed by atoms with E-state index in [9.17, 15) is 35.5 Å². The number of hydrogen-bond donors (Lipinski definition) is 0. The van der Waals surface area contributed by atoms with E-state index < -0.39 is 34.8 Å². The standard InChI is InChI=1S/C14H13F7O/c1-11(2,3)9-6-4-8(5-7-9)10(22)12(15,16)13(17,18)14(19,20)21/h4-7H,1-3H3. The maximum atomic E-state index is 13.3. The summed E-state index contributed by atoms with van der Waals surface area (Å²) in [5.74, 6) is -14.9. The molecule has 0 spiro atoms.